The van der Waals surface area contributed by atoms with Crippen LogP contribution in [0.5, 0.6) is 0 Å². The van der Waals surface area contributed by atoms with Crippen molar-refractivity contribution in [3.05, 3.63) is 46.0 Å². The highest BCUT2D eigenvalue weighted by atomic mass is 32.2. The zero-order chi connectivity index (χ0) is 22.0. The number of nitrogens with one attached hydrogen (secondary N) is 1. The summed E-state index contributed by atoms with van der Waals surface area (Å²) in [6.07, 6.45) is 5.45. The van der Waals surface area contributed by atoms with Crippen molar-refractivity contribution in [1.82, 2.24) is 10.2 Å². The number of amides is 3. The van der Waals surface area contributed by atoms with Crippen LogP contribution in [-0.4, -0.2) is 47.5 Å². The number of hydrogen-bond donors (Lipinski definition) is 1. The normalized spacial score (nSPS) is 22.0. The quantitative estimate of drug-likeness (QED) is 0.377. The molecule has 1 aliphatic carbocycles. The fourth-order valence-electron chi connectivity index (χ4n) is 4.59. The van der Waals surface area contributed by atoms with Crippen molar-refractivity contribution in [3.8, 4) is 0 Å². The van der Waals surface area contributed by atoms with Crippen LogP contribution in [0.1, 0.15) is 65.7 Å². The topological polar surface area (TPSA) is 92.8 Å². The van der Waals surface area contributed by atoms with Crippen LogP contribution in [-0.2, 0) is 14.3 Å². The van der Waals surface area contributed by atoms with Gasteiger partial charge in [-0.3, -0.25) is 19.3 Å². The summed E-state index contributed by atoms with van der Waals surface area (Å²) in [7, 11) is 1.37. The molecule has 31 heavy (non-hydrogen) atoms. The lowest BCUT2D eigenvalue weighted by Crippen LogP contribution is -2.30. The van der Waals surface area contributed by atoms with Gasteiger partial charge in [0.2, 0.25) is 5.91 Å². The summed E-state index contributed by atoms with van der Waals surface area (Å²) in [5.41, 5.74) is 1.54. The number of hydrogen-bond acceptors (Lipinski definition) is 6. The van der Waals surface area contributed by atoms with E-state index >= 15 is 0 Å². The molecule has 3 amide bonds. The van der Waals surface area contributed by atoms with Crippen molar-refractivity contribution < 1.29 is 23.9 Å². The summed E-state index contributed by atoms with van der Waals surface area (Å²) < 4.78 is 4.94. The summed E-state index contributed by atoms with van der Waals surface area (Å²) in [6, 6.07) is 6.85. The highest BCUT2D eigenvalue weighted by Crippen LogP contribution is 2.49. The van der Waals surface area contributed by atoms with Crippen molar-refractivity contribution >= 4 is 35.5 Å². The van der Waals surface area contributed by atoms with E-state index in [0.717, 1.165) is 25.7 Å². The second kappa shape index (κ2) is 9.26. The van der Waals surface area contributed by atoms with Gasteiger partial charge in [0.05, 0.1) is 28.8 Å². The Morgan fingerprint density at radius 2 is 1.81 bits per heavy atom. The van der Waals surface area contributed by atoms with Gasteiger partial charge >= 0.3 is 5.97 Å². The van der Waals surface area contributed by atoms with E-state index < -0.39 is 0 Å². The molecule has 0 aromatic heterocycles. The van der Waals surface area contributed by atoms with Gasteiger partial charge in [0.25, 0.3) is 11.8 Å². The molecule has 2 heterocycles. The second-order valence-electron chi connectivity index (χ2n) is 8.09. The smallest absolute Gasteiger partial charge is 0.336 e. The van der Waals surface area contributed by atoms with Crippen molar-refractivity contribution in [2.24, 2.45) is 5.92 Å². The SMILES string of the molecule is COC(=O)C1=C(NC(=O)CCCCCN2C(=O)c3ccccc3C2=O)SC2CCCC12. The molecule has 1 fully saturated rings. The minimum absolute atomic E-state index is 0.121. The number of ether oxygens (including phenoxy) is 1. The van der Waals surface area contributed by atoms with E-state index in [0.29, 0.717) is 52.8 Å². The van der Waals surface area contributed by atoms with E-state index in [9.17, 15) is 19.2 Å². The van der Waals surface area contributed by atoms with Gasteiger partial charge < -0.3 is 10.1 Å². The molecule has 0 radical (unpaired) electrons. The summed E-state index contributed by atoms with van der Waals surface area (Å²) in [5, 5.41) is 3.92. The number of esters is 1. The molecule has 0 bridgehead atoms. The minimum atomic E-state index is -0.349. The van der Waals surface area contributed by atoms with E-state index in [1.807, 2.05) is 0 Å². The van der Waals surface area contributed by atoms with Crippen molar-refractivity contribution in [2.75, 3.05) is 13.7 Å². The summed E-state index contributed by atoms with van der Waals surface area (Å²) in [4.78, 5) is 50.6. The molecule has 7 nitrogen and oxygen atoms in total. The second-order valence-corrected chi connectivity index (χ2v) is 9.34. The third kappa shape index (κ3) is 4.26. The van der Waals surface area contributed by atoms with E-state index in [2.05, 4.69) is 5.32 Å². The molecule has 8 heteroatoms. The van der Waals surface area contributed by atoms with Crippen LogP contribution in [0.4, 0.5) is 0 Å². The molecule has 1 N–H and O–H groups in total. The lowest BCUT2D eigenvalue weighted by Gasteiger charge is -2.13. The maximum Gasteiger partial charge on any atom is 0.336 e. The number of carbonyl (C=O) groups is 4. The van der Waals surface area contributed by atoms with Gasteiger partial charge in [-0.25, -0.2) is 4.79 Å². The first kappa shape index (κ1) is 21.6. The van der Waals surface area contributed by atoms with E-state index in [-0.39, 0.29) is 29.6 Å². The Morgan fingerprint density at radius 3 is 2.48 bits per heavy atom. The average molecular weight is 443 g/mol. The molecule has 2 aliphatic heterocycles. The van der Waals surface area contributed by atoms with Gasteiger partial charge in [0.1, 0.15) is 0 Å². The molecular weight excluding hydrogens is 416 g/mol. The van der Waals surface area contributed by atoms with E-state index in [1.54, 1.807) is 36.0 Å². The Bertz CT molecular complexity index is 922. The number of rotatable bonds is 8. The zero-order valence-corrected chi connectivity index (χ0v) is 18.3. The lowest BCUT2D eigenvalue weighted by molar-refractivity contribution is -0.136. The molecule has 0 spiro atoms. The fourth-order valence-corrected chi connectivity index (χ4v) is 6.15. The van der Waals surface area contributed by atoms with Crippen LogP contribution < -0.4 is 5.32 Å². The predicted octanol–water partition coefficient (Wildman–Crippen LogP) is 3.26. The highest BCUT2D eigenvalue weighted by Gasteiger charge is 2.43. The van der Waals surface area contributed by atoms with Gasteiger partial charge in [-0.05, 0) is 37.8 Å². The van der Waals surface area contributed by atoms with E-state index in [1.165, 1.54) is 12.0 Å². The first-order valence-electron chi connectivity index (χ1n) is 10.8. The summed E-state index contributed by atoms with van der Waals surface area (Å²) >= 11 is 1.58. The Labute approximate surface area is 185 Å². The number of thioether (sulfide) groups is 1. The molecule has 2 unspecified atom stereocenters. The number of imide groups is 1. The first-order valence-corrected chi connectivity index (χ1v) is 11.6. The molecule has 1 aromatic carbocycles. The molecule has 4 rings (SSSR count). The molecule has 3 aliphatic rings. The predicted molar refractivity (Wildman–Crippen MR) is 116 cm³/mol. The van der Waals surface area contributed by atoms with Gasteiger partial charge in [-0.15, -0.1) is 11.8 Å². The van der Waals surface area contributed by atoms with Gasteiger partial charge in [-0.1, -0.05) is 25.0 Å². The average Bonchev–Trinajstić information content (AvgIpc) is 3.41. The Balaban J connectivity index is 1.23. The third-order valence-corrected chi connectivity index (χ3v) is 7.58. The monoisotopic (exact) mass is 442 g/mol. The van der Waals surface area contributed by atoms with Gasteiger partial charge in [0.15, 0.2) is 0 Å². The summed E-state index contributed by atoms with van der Waals surface area (Å²) in [5.74, 6) is -0.788. The first-order chi connectivity index (χ1) is 15.0. The van der Waals surface area contributed by atoms with Crippen LogP contribution >= 0.6 is 11.8 Å². The molecule has 1 saturated carbocycles. The fraction of sp³-hybridized carbons (Fsp3) is 0.478. The largest absolute Gasteiger partial charge is 0.466 e. The van der Waals surface area contributed by atoms with Crippen molar-refractivity contribution in [2.45, 2.75) is 50.2 Å². The zero-order valence-electron chi connectivity index (χ0n) is 17.5. The van der Waals surface area contributed by atoms with Crippen LogP contribution in [0.15, 0.2) is 34.9 Å². The Kier molecular flexibility index (Phi) is 6.46. The van der Waals surface area contributed by atoms with Crippen molar-refractivity contribution in [3.63, 3.8) is 0 Å². The van der Waals surface area contributed by atoms with Gasteiger partial charge in [-0.2, -0.15) is 0 Å². The molecule has 1 aromatic rings. The van der Waals surface area contributed by atoms with Crippen LogP contribution in [0, 0.1) is 5.92 Å². The van der Waals surface area contributed by atoms with Crippen LogP contribution in [0.25, 0.3) is 0 Å². The third-order valence-electron chi connectivity index (χ3n) is 6.16. The number of carbonyl (C=O) groups excluding carboxylic acids is 4. The maximum absolute atomic E-state index is 12.4. The highest BCUT2D eigenvalue weighted by molar-refractivity contribution is 8.04. The molecular formula is C23H26N2O5S. The molecule has 0 saturated heterocycles. The number of unbranched alkanes of at least 4 members (excludes halogenated alkanes) is 2. The lowest BCUT2D eigenvalue weighted by atomic mass is 9.98. The maximum atomic E-state index is 12.4. The minimum Gasteiger partial charge on any atom is -0.466 e. The number of nitrogens with zero attached hydrogens (tertiary/aromatic N) is 1. The Hall–Kier alpha value is -2.61. The number of fused-ring (bicyclic) bond motifs is 2. The van der Waals surface area contributed by atoms with Gasteiger partial charge in [0, 0.05) is 24.1 Å². The van der Waals surface area contributed by atoms with Crippen LogP contribution in [0.2, 0.25) is 0 Å². The van der Waals surface area contributed by atoms with E-state index in [4.69, 9.17) is 4.74 Å². The standard InChI is InChI=1S/C23H26N2O5S/c1-30-23(29)19-16-10-7-11-17(16)31-20(19)24-18(26)12-3-2-6-13-25-21(27)14-8-4-5-9-15(14)22(25)28/h4-5,8-9,16-17H,2-3,6-7,10-13H2,1H3,(H,24,26). The summed E-state index contributed by atoms with van der Waals surface area (Å²) in [6.45, 7) is 0.352. The Morgan fingerprint density at radius 1 is 1.10 bits per heavy atom. The number of methoxy groups -OCH3 is 1. The molecule has 164 valence electrons. The number of benzene rings is 1. The van der Waals surface area contributed by atoms with Crippen molar-refractivity contribution in [1.29, 1.82) is 0 Å². The van der Waals surface area contributed by atoms with Crippen LogP contribution in [0.3, 0.4) is 0 Å². The molecule has 2 atom stereocenters.